The summed E-state index contributed by atoms with van der Waals surface area (Å²) < 4.78 is 5.57. The first kappa shape index (κ1) is 22.3. The molecule has 0 aliphatic heterocycles. The molecular weight excluding hydrogens is 286 g/mol. The molecule has 0 saturated heterocycles. The molecule has 1 amide bonds. The van der Waals surface area contributed by atoms with E-state index in [4.69, 9.17) is 4.74 Å². The number of carbonyl (C=O) groups excluding carboxylic acids is 1. The number of carbonyl (C=O) groups is 1. The van der Waals surface area contributed by atoms with E-state index in [1.165, 1.54) is 64.2 Å². The van der Waals surface area contributed by atoms with Gasteiger partial charge in [-0.15, -0.1) is 0 Å². The maximum atomic E-state index is 12.0. The zero-order valence-corrected chi connectivity index (χ0v) is 16.4. The summed E-state index contributed by atoms with van der Waals surface area (Å²) in [5.41, 5.74) is 0. The highest BCUT2D eigenvalue weighted by Gasteiger charge is 2.15. The Kier molecular flexibility index (Phi) is 14.4. The van der Waals surface area contributed by atoms with Gasteiger partial charge in [0.1, 0.15) is 0 Å². The van der Waals surface area contributed by atoms with Gasteiger partial charge < -0.3 is 9.64 Å². The number of amides is 1. The van der Waals surface area contributed by atoms with Crippen LogP contribution >= 0.6 is 0 Å². The summed E-state index contributed by atoms with van der Waals surface area (Å²) in [5.74, 6) is 1.02. The molecular formula is C20H41NO2. The standard InChI is InChI=1S/C20H41NO2/c1-6-8-10-12-14-19(15-13-11-9-7-2)17-23-20(22)21(5)16-18(3)4/h18-19H,6-17H2,1-5H3. The molecule has 0 spiro atoms. The van der Waals surface area contributed by atoms with Gasteiger partial charge in [-0.3, -0.25) is 0 Å². The molecule has 0 aromatic carbocycles. The predicted molar refractivity (Wildman–Crippen MR) is 99.8 cm³/mol. The molecule has 23 heavy (non-hydrogen) atoms. The molecule has 0 bridgehead atoms. The summed E-state index contributed by atoms with van der Waals surface area (Å²) in [6.45, 7) is 10.1. The van der Waals surface area contributed by atoms with Crippen LogP contribution in [0.25, 0.3) is 0 Å². The highest BCUT2D eigenvalue weighted by Crippen LogP contribution is 2.19. The maximum Gasteiger partial charge on any atom is 0.409 e. The largest absolute Gasteiger partial charge is 0.449 e. The number of rotatable bonds is 14. The van der Waals surface area contributed by atoms with Crippen LogP contribution in [0.2, 0.25) is 0 Å². The third-order valence-electron chi connectivity index (χ3n) is 4.33. The molecule has 0 aromatic heterocycles. The number of nitrogens with zero attached hydrogens (tertiary/aromatic N) is 1. The van der Waals surface area contributed by atoms with Gasteiger partial charge in [0.05, 0.1) is 6.61 Å². The molecule has 0 radical (unpaired) electrons. The van der Waals surface area contributed by atoms with Crippen molar-refractivity contribution >= 4 is 6.09 Å². The molecule has 138 valence electrons. The van der Waals surface area contributed by atoms with E-state index in [2.05, 4.69) is 27.7 Å². The van der Waals surface area contributed by atoms with Crippen LogP contribution in [0.3, 0.4) is 0 Å². The van der Waals surface area contributed by atoms with E-state index in [-0.39, 0.29) is 6.09 Å². The molecule has 0 atom stereocenters. The second-order valence-electron chi connectivity index (χ2n) is 7.42. The Morgan fingerprint density at radius 3 is 1.87 bits per heavy atom. The molecule has 0 aliphatic rings. The molecule has 0 saturated carbocycles. The third-order valence-corrected chi connectivity index (χ3v) is 4.33. The minimum absolute atomic E-state index is 0.161. The fourth-order valence-corrected chi connectivity index (χ4v) is 2.95. The van der Waals surface area contributed by atoms with Gasteiger partial charge in [-0.2, -0.15) is 0 Å². The Balaban J connectivity index is 4.12. The van der Waals surface area contributed by atoms with Crippen LogP contribution < -0.4 is 0 Å². The lowest BCUT2D eigenvalue weighted by molar-refractivity contribution is 0.0874. The molecule has 3 heteroatoms. The maximum absolute atomic E-state index is 12.0. The van der Waals surface area contributed by atoms with E-state index in [1.54, 1.807) is 4.90 Å². The fourth-order valence-electron chi connectivity index (χ4n) is 2.95. The number of ether oxygens (including phenoxy) is 1. The van der Waals surface area contributed by atoms with Gasteiger partial charge in [0, 0.05) is 13.6 Å². The van der Waals surface area contributed by atoms with Gasteiger partial charge in [0.15, 0.2) is 0 Å². The van der Waals surface area contributed by atoms with Gasteiger partial charge in [-0.25, -0.2) is 4.79 Å². The van der Waals surface area contributed by atoms with Gasteiger partial charge >= 0.3 is 6.09 Å². The van der Waals surface area contributed by atoms with E-state index in [0.29, 0.717) is 18.4 Å². The SMILES string of the molecule is CCCCCCC(CCCCCC)COC(=O)N(C)CC(C)C. The predicted octanol–water partition coefficient (Wildman–Crippen LogP) is 6.27. The summed E-state index contributed by atoms with van der Waals surface area (Å²) >= 11 is 0. The Hall–Kier alpha value is -0.730. The third kappa shape index (κ3) is 13.4. The van der Waals surface area contributed by atoms with Crippen LogP contribution in [0.1, 0.15) is 91.9 Å². The Morgan fingerprint density at radius 2 is 1.43 bits per heavy atom. The monoisotopic (exact) mass is 327 g/mol. The molecule has 0 N–H and O–H groups in total. The van der Waals surface area contributed by atoms with E-state index in [9.17, 15) is 4.79 Å². The van der Waals surface area contributed by atoms with E-state index < -0.39 is 0 Å². The molecule has 0 heterocycles. The van der Waals surface area contributed by atoms with E-state index in [1.807, 2.05) is 7.05 Å². The van der Waals surface area contributed by atoms with Gasteiger partial charge in [-0.1, -0.05) is 79.1 Å². The molecule has 0 fully saturated rings. The van der Waals surface area contributed by atoms with Crippen molar-refractivity contribution < 1.29 is 9.53 Å². The van der Waals surface area contributed by atoms with Crippen LogP contribution in [0, 0.1) is 11.8 Å². The lowest BCUT2D eigenvalue weighted by Crippen LogP contribution is -2.32. The van der Waals surface area contributed by atoms with Gasteiger partial charge in [0.2, 0.25) is 0 Å². The first-order valence-corrected chi connectivity index (χ1v) is 9.89. The van der Waals surface area contributed by atoms with Crippen molar-refractivity contribution in [1.29, 1.82) is 0 Å². The normalized spacial score (nSPS) is 11.3. The van der Waals surface area contributed by atoms with Crippen molar-refractivity contribution in [2.24, 2.45) is 11.8 Å². The van der Waals surface area contributed by atoms with Gasteiger partial charge in [-0.05, 0) is 24.7 Å². The minimum Gasteiger partial charge on any atom is -0.449 e. The van der Waals surface area contributed by atoms with Crippen LogP contribution in [0.5, 0.6) is 0 Å². The molecule has 0 rings (SSSR count). The molecule has 0 aromatic rings. The van der Waals surface area contributed by atoms with Crippen LogP contribution in [-0.4, -0.2) is 31.2 Å². The average Bonchev–Trinajstić information content (AvgIpc) is 2.51. The first-order valence-electron chi connectivity index (χ1n) is 9.89. The second-order valence-corrected chi connectivity index (χ2v) is 7.42. The molecule has 0 aliphatic carbocycles. The number of hydrogen-bond donors (Lipinski definition) is 0. The zero-order chi connectivity index (χ0) is 17.5. The van der Waals surface area contributed by atoms with Crippen molar-refractivity contribution in [2.45, 2.75) is 91.9 Å². The fraction of sp³-hybridized carbons (Fsp3) is 0.950. The van der Waals surface area contributed by atoms with E-state index in [0.717, 1.165) is 6.54 Å². The summed E-state index contributed by atoms with van der Waals surface area (Å²) in [4.78, 5) is 13.7. The zero-order valence-electron chi connectivity index (χ0n) is 16.4. The Morgan fingerprint density at radius 1 is 0.913 bits per heavy atom. The number of hydrogen-bond acceptors (Lipinski definition) is 2. The Labute approximate surface area is 145 Å². The summed E-state index contributed by atoms with van der Waals surface area (Å²) in [7, 11) is 1.83. The minimum atomic E-state index is -0.161. The Bertz CT molecular complexity index is 267. The van der Waals surface area contributed by atoms with Gasteiger partial charge in [0.25, 0.3) is 0 Å². The highest BCUT2D eigenvalue weighted by molar-refractivity contribution is 5.67. The summed E-state index contributed by atoms with van der Waals surface area (Å²) in [5, 5.41) is 0. The van der Waals surface area contributed by atoms with Crippen LogP contribution in [0.4, 0.5) is 4.79 Å². The van der Waals surface area contributed by atoms with Crippen LogP contribution in [0.15, 0.2) is 0 Å². The molecule has 3 nitrogen and oxygen atoms in total. The topological polar surface area (TPSA) is 29.5 Å². The summed E-state index contributed by atoms with van der Waals surface area (Å²) in [6.07, 6.45) is 12.6. The lowest BCUT2D eigenvalue weighted by atomic mass is 9.95. The first-order chi connectivity index (χ1) is 11.0. The van der Waals surface area contributed by atoms with Crippen LogP contribution in [-0.2, 0) is 4.74 Å². The van der Waals surface area contributed by atoms with Crippen molar-refractivity contribution in [1.82, 2.24) is 4.90 Å². The summed E-state index contributed by atoms with van der Waals surface area (Å²) in [6, 6.07) is 0. The highest BCUT2D eigenvalue weighted by atomic mass is 16.6. The smallest absolute Gasteiger partial charge is 0.409 e. The quantitative estimate of drug-likeness (QED) is 0.352. The second kappa shape index (κ2) is 14.8. The number of unbranched alkanes of at least 4 members (excludes halogenated alkanes) is 6. The average molecular weight is 328 g/mol. The molecule has 0 unspecified atom stereocenters. The van der Waals surface area contributed by atoms with Crippen molar-refractivity contribution in [3.05, 3.63) is 0 Å². The lowest BCUT2D eigenvalue weighted by Gasteiger charge is -2.22. The van der Waals surface area contributed by atoms with Crippen molar-refractivity contribution in [2.75, 3.05) is 20.2 Å². The van der Waals surface area contributed by atoms with Crippen molar-refractivity contribution in [3.63, 3.8) is 0 Å². The van der Waals surface area contributed by atoms with E-state index >= 15 is 0 Å². The van der Waals surface area contributed by atoms with Crippen molar-refractivity contribution in [3.8, 4) is 0 Å².